The third-order valence-electron chi connectivity index (χ3n) is 4.03. The molecule has 0 spiro atoms. The minimum atomic E-state index is 0. The van der Waals surface area contributed by atoms with Gasteiger partial charge >= 0.3 is 0 Å². The number of methoxy groups -OCH3 is 1. The van der Waals surface area contributed by atoms with Crippen LogP contribution in [0.3, 0.4) is 0 Å². The number of nitrogens with two attached hydrogens (primary N) is 1. The molecule has 0 aromatic heterocycles. The zero-order valence-corrected chi connectivity index (χ0v) is 16.0. The SMILES string of the molecule is COc1ccc(NC(=O)CCN(CCN)CCc2ccccc2)cc1.Cl. The number of rotatable bonds is 10. The number of benzene rings is 2. The van der Waals surface area contributed by atoms with Gasteiger partial charge in [-0.2, -0.15) is 0 Å². The molecule has 26 heavy (non-hydrogen) atoms. The first-order valence-corrected chi connectivity index (χ1v) is 8.61. The van der Waals surface area contributed by atoms with Gasteiger partial charge in [0.05, 0.1) is 7.11 Å². The second kappa shape index (κ2) is 12.3. The number of ether oxygens (including phenoxy) is 1. The largest absolute Gasteiger partial charge is 0.497 e. The van der Waals surface area contributed by atoms with Crippen LogP contribution in [-0.4, -0.2) is 44.1 Å². The van der Waals surface area contributed by atoms with Crippen LogP contribution in [0.1, 0.15) is 12.0 Å². The Bertz CT molecular complexity index is 635. The molecule has 2 aromatic carbocycles. The lowest BCUT2D eigenvalue weighted by atomic mass is 10.1. The lowest BCUT2D eigenvalue weighted by Crippen LogP contribution is -2.34. The Morgan fingerprint density at radius 1 is 1.04 bits per heavy atom. The predicted octanol–water partition coefficient (Wildman–Crippen LogP) is 2.95. The molecule has 142 valence electrons. The standard InChI is InChI=1S/C20H27N3O2.ClH/c1-25-19-9-7-18(8-10-19)22-20(24)12-15-23(16-13-21)14-11-17-5-3-2-4-6-17;/h2-10H,11-16,21H2,1H3,(H,22,24);1H. The number of halogens is 1. The fraction of sp³-hybridized carbons (Fsp3) is 0.350. The van der Waals surface area contributed by atoms with Gasteiger partial charge in [-0.25, -0.2) is 0 Å². The number of carbonyl (C=O) groups excluding carboxylic acids is 1. The van der Waals surface area contributed by atoms with E-state index in [-0.39, 0.29) is 18.3 Å². The second-order valence-corrected chi connectivity index (χ2v) is 5.89. The highest BCUT2D eigenvalue weighted by molar-refractivity contribution is 5.90. The summed E-state index contributed by atoms with van der Waals surface area (Å²) in [6.45, 7) is 2.99. The van der Waals surface area contributed by atoms with Gasteiger partial charge < -0.3 is 20.7 Å². The third kappa shape index (κ3) is 7.87. The minimum Gasteiger partial charge on any atom is -0.497 e. The van der Waals surface area contributed by atoms with Crippen molar-refractivity contribution in [2.24, 2.45) is 5.73 Å². The van der Waals surface area contributed by atoms with E-state index in [4.69, 9.17) is 10.5 Å². The molecule has 6 heteroatoms. The lowest BCUT2D eigenvalue weighted by Gasteiger charge is -2.21. The summed E-state index contributed by atoms with van der Waals surface area (Å²) in [6, 6.07) is 17.7. The van der Waals surface area contributed by atoms with Gasteiger partial charge in [0.25, 0.3) is 0 Å². The summed E-state index contributed by atoms with van der Waals surface area (Å²) in [6.07, 6.45) is 1.40. The Labute approximate surface area is 161 Å². The average molecular weight is 378 g/mol. The molecule has 2 rings (SSSR count). The summed E-state index contributed by atoms with van der Waals surface area (Å²) in [5, 5.41) is 2.91. The fourth-order valence-electron chi connectivity index (χ4n) is 2.61. The van der Waals surface area contributed by atoms with E-state index in [1.54, 1.807) is 7.11 Å². The first-order valence-electron chi connectivity index (χ1n) is 8.61. The second-order valence-electron chi connectivity index (χ2n) is 5.89. The van der Waals surface area contributed by atoms with E-state index in [0.717, 1.165) is 30.9 Å². The number of nitrogens with zero attached hydrogens (tertiary/aromatic N) is 1. The smallest absolute Gasteiger partial charge is 0.225 e. The molecule has 0 saturated heterocycles. The Morgan fingerprint density at radius 2 is 1.73 bits per heavy atom. The van der Waals surface area contributed by atoms with Gasteiger partial charge in [0.15, 0.2) is 0 Å². The maximum Gasteiger partial charge on any atom is 0.225 e. The van der Waals surface area contributed by atoms with Crippen LogP contribution in [0.25, 0.3) is 0 Å². The van der Waals surface area contributed by atoms with E-state index in [1.165, 1.54) is 5.56 Å². The Balaban J connectivity index is 0.00000338. The summed E-state index contributed by atoms with van der Waals surface area (Å²) < 4.78 is 5.11. The van der Waals surface area contributed by atoms with Crippen LogP contribution >= 0.6 is 12.4 Å². The number of carbonyl (C=O) groups is 1. The van der Waals surface area contributed by atoms with Gasteiger partial charge in [-0.3, -0.25) is 4.79 Å². The fourth-order valence-corrected chi connectivity index (χ4v) is 2.61. The zero-order valence-electron chi connectivity index (χ0n) is 15.2. The number of hydrogen-bond acceptors (Lipinski definition) is 4. The van der Waals surface area contributed by atoms with Crippen LogP contribution in [0.4, 0.5) is 5.69 Å². The van der Waals surface area contributed by atoms with Crippen molar-refractivity contribution in [2.75, 3.05) is 38.6 Å². The Kier molecular flexibility index (Phi) is 10.4. The molecular formula is C20H28ClN3O2. The maximum absolute atomic E-state index is 12.1. The molecule has 0 aliphatic rings. The Hall–Kier alpha value is -2.08. The van der Waals surface area contributed by atoms with Crippen molar-refractivity contribution in [3.05, 3.63) is 60.2 Å². The number of anilines is 1. The molecule has 0 radical (unpaired) electrons. The third-order valence-corrected chi connectivity index (χ3v) is 4.03. The molecular weight excluding hydrogens is 350 g/mol. The minimum absolute atomic E-state index is 0. The van der Waals surface area contributed by atoms with Gasteiger partial charge in [0.2, 0.25) is 5.91 Å². The average Bonchev–Trinajstić information content (AvgIpc) is 2.65. The first-order chi connectivity index (χ1) is 12.2. The van der Waals surface area contributed by atoms with Crippen molar-refractivity contribution in [1.29, 1.82) is 0 Å². The number of amides is 1. The van der Waals surface area contributed by atoms with Crippen molar-refractivity contribution < 1.29 is 9.53 Å². The summed E-state index contributed by atoms with van der Waals surface area (Å²) in [5.41, 5.74) is 7.78. The molecule has 1 amide bonds. The van der Waals surface area contributed by atoms with E-state index in [9.17, 15) is 4.79 Å². The van der Waals surface area contributed by atoms with E-state index in [0.29, 0.717) is 19.5 Å². The normalized spacial score (nSPS) is 10.3. The van der Waals surface area contributed by atoms with E-state index < -0.39 is 0 Å². The molecule has 0 unspecified atom stereocenters. The summed E-state index contributed by atoms with van der Waals surface area (Å²) in [5.74, 6) is 0.778. The van der Waals surface area contributed by atoms with Crippen molar-refractivity contribution >= 4 is 24.0 Å². The van der Waals surface area contributed by atoms with Gasteiger partial charge in [-0.1, -0.05) is 30.3 Å². The summed E-state index contributed by atoms with van der Waals surface area (Å²) >= 11 is 0. The van der Waals surface area contributed by atoms with Gasteiger partial charge in [-0.15, -0.1) is 12.4 Å². The van der Waals surface area contributed by atoms with Crippen LogP contribution in [0.15, 0.2) is 54.6 Å². The van der Waals surface area contributed by atoms with Crippen LogP contribution in [-0.2, 0) is 11.2 Å². The van der Waals surface area contributed by atoms with E-state index in [2.05, 4.69) is 22.3 Å². The molecule has 0 aliphatic heterocycles. The zero-order chi connectivity index (χ0) is 17.9. The van der Waals surface area contributed by atoms with Gasteiger partial charge in [-0.05, 0) is 36.2 Å². The molecule has 0 bridgehead atoms. The first kappa shape index (κ1) is 22.0. The van der Waals surface area contributed by atoms with E-state index >= 15 is 0 Å². The molecule has 5 nitrogen and oxygen atoms in total. The topological polar surface area (TPSA) is 67.6 Å². The molecule has 0 saturated carbocycles. The molecule has 0 heterocycles. The molecule has 0 fully saturated rings. The van der Waals surface area contributed by atoms with Crippen LogP contribution in [0.5, 0.6) is 5.75 Å². The summed E-state index contributed by atoms with van der Waals surface area (Å²) in [7, 11) is 1.62. The Morgan fingerprint density at radius 3 is 2.35 bits per heavy atom. The highest BCUT2D eigenvalue weighted by Crippen LogP contribution is 2.15. The predicted molar refractivity (Wildman–Crippen MR) is 109 cm³/mol. The van der Waals surface area contributed by atoms with Crippen molar-refractivity contribution in [1.82, 2.24) is 4.90 Å². The monoisotopic (exact) mass is 377 g/mol. The maximum atomic E-state index is 12.1. The van der Waals surface area contributed by atoms with Gasteiger partial charge in [0.1, 0.15) is 5.75 Å². The van der Waals surface area contributed by atoms with Crippen molar-refractivity contribution in [2.45, 2.75) is 12.8 Å². The number of nitrogens with one attached hydrogen (secondary N) is 1. The van der Waals surface area contributed by atoms with E-state index in [1.807, 2.05) is 42.5 Å². The van der Waals surface area contributed by atoms with Crippen LogP contribution < -0.4 is 15.8 Å². The summed E-state index contributed by atoms with van der Waals surface area (Å²) in [4.78, 5) is 14.4. The molecule has 2 aromatic rings. The highest BCUT2D eigenvalue weighted by atomic mass is 35.5. The molecule has 3 N–H and O–H groups in total. The highest BCUT2D eigenvalue weighted by Gasteiger charge is 2.08. The van der Waals surface area contributed by atoms with Gasteiger partial charge in [0, 0.05) is 38.3 Å². The quantitative estimate of drug-likeness (QED) is 0.668. The number of hydrogen-bond donors (Lipinski definition) is 2. The van der Waals surface area contributed by atoms with Crippen LogP contribution in [0, 0.1) is 0 Å². The van der Waals surface area contributed by atoms with Crippen LogP contribution in [0.2, 0.25) is 0 Å². The van der Waals surface area contributed by atoms with Crippen molar-refractivity contribution in [3.63, 3.8) is 0 Å². The molecule has 0 aliphatic carbocycles. The van der Waals surface area contributed by atoms with Crippen molar-refractivity contribution in [3.8, 4) is 5.75 Å². The lowest BCUT2D eigenvalue weighted by molar-refractivity contribution is -0.116. The molecule has 0 atom stereocenters.